The first-order valence-corrected chi connectivity index (χ1v) is 5.73. The molecule has 1 saturated heterocycles. The van der Waals surface area contributed by atoms with Crippen LogP contribution in [-0.2, 0) is 13.1 Å². The summed E-state index contributed by atoms with van der Waals surface area (Å²) in [6.45, 7) is 6.49. The van der Waals surface area contributed by atoms with Crippen LogP contribution in [-0.4, -0.2) is 40.9 Å². The van der Waals surface area contributed by atoms with Crippen LogP contribution in [0.1, 0.15) is 19.0 Å². The minimum absolute atomic E-state index is 0.669. The molecule has 1 atom stereocenters. The van der Waals surface area contributed by atoms with E-state index in [4.69, 9.17) is 0 Å². The Balaban J connectivity index is 1.92. The van der Waals surface area contributed by atoms with Crippen LogP contribution in [0, 0.1) is 0 Å². The standard InChI is InChI=1S/C11H20N4/c1-3-15-11(4-6-13-15)9-14-7-5-10(8-14)12-2/h4,6,10,12H,3,5,7-9H2,1-2H3. The second-order valence-electron chi connectivity index (χ2n) is 4.15. The number of nitrogens with one attached hydrogen (secondary N) is 1. The summed E-state index contributed by atoms with van der Waals surface area (Å²) in [5, 5.41) is 7.63. The molecule has 1 fully saturated rings. The van der Waals surface area contributed by atoms with E-state index in [1.165, 1.54) is 18.7 Å². The van der Waals surface area contributed by atoms with Crippen LogP contribution >= 0.6 is 0 Å². The molecular formula is C11H20N4. The first-order valence-electron chi connectivity index (χ1n) is 5.73. The molecule has 15 heavy (non-hydrogen) atoms. The molecule has 1 aromatic rings. The van der Waals surface area contributed by atoms with Gasteiger partial charge in [-0.1, -0.05) is 0 Å². The zero-order valence-electron chi connectivity index (χ0n) is 9.61. The first kappa shape index (κ1) is 10.6. The molecule has 0 amide bonds. The Bertz CT molecular complexity index is 307. The van der Waals surface area contributed by atoms with Crippen molar-refractivity contribution < 1.29 is 0 Å². The lowest BCUT2D eigenvalue weighted by atomic mass is 10.3. The van der Waals surface area contributed by atoms with Gasteiger partial charge in [0.2, 0.25) is 0 Å². The van der Waals surface area contributed by atoms with Gasteiger partial charge in [-0.2, -0.15) is 5.10 Å². The molecule has 1 aliphatic heterocycles. The summed E-state index contributed by atoms with van der Waals surface area (Å²) in [6.07, 6.45) is 3.15. The third-order valence-electron chi connectivity index (χ3n) is 3.17. The van der Waals surface area contributed by atoms with Gasteiger partial charge < -0.3 is 5.32 Å². The zero-order chi connectivity index (χ0) is 10.7. The predicted octanol–water partition coefficient (Wildman–Crippen LogP) is 0.697. The number of aromatic nitrogens is 2. The van der Waals surface area contributed by atoms with Crippen LogP contribution in [0.2, 0.25) is 0 Å². The van der Waals surface area contributed by atoms with Crippen LogP contribution < -0.4 is 5.32 Å². The van der Waals surface area contributed by atoms with Crippen molar-refractivity contribution in [1.82, 2.24) is 20.0 Å². The molecule has 4 nitrogen and oxygen atoms in total. The van der Waals surface area contributed by atoms with Crippen molar-refractivity contribution in [2.24, 2.45) is 0 Å². The molecule has 0 radical (unpaired) electrons. The third kappa shape index (κ3) is 2.38. The molecule has 4 heteroatoms. The number of hydrogen-bond donors (Lipinski definition) is 1. The van der Waals surface area contributed by atoms with Crippen molar-refractivity contribution in [1.29, 1.82) is 0 Å². The molecule has 0 aliphatic carbocycles. The molecule has 2 rings (SSSR count). The van der Waals surface area contributed by atoms with E-state index in [1.807, 2.05) is 13.2 Å². The van der Waals surface area contributed by atoms with Gasteiger partial charge in [-0.25, -0.2) is 0 Å². The minimum atomic E-state index is 0.669. The molecule has 2 heterocycles. The zero-order valence-corrected chi connectivity index (χ0v) is 9.61. The lowest BCUT2D eigenvalue weighted by molar-refractivity contribution is 0.311. The van der Waals surface area contributed by atoms with Crippen molar-refractivity contribution in [2.75, 3.05) is 20.1 Å². The number of hydrogen-bond acceptors (Lipinski definition) is 3. The first-order chi connectivity index (χ1) is 7.33. The van der Waals surface area contributed by atoms with E-state index >= 15 is 0 Å². The van der Waals surface area contributed by atoms with E-state index in [-0.39, 0.29) is 0 Å². The average molecular weight is 208 g/mol. The van der Waals surface area contributed by atoms with Gasteiger partial charge in [-0.3, -0.25) is 9.58 Å². The van der Waals surface area contributed by atoms with Crippen LogP contribution in [0.5, 0.6) is 0 Å². The Hall–Kier alpha value is -0.870. The van der Waals surface area contributed by atoms with Crippen molar-refractivity contribution in [3.8, 4) is 0 Å². The fraction of sp³-hybridized carbons (Fsp3) is 0.727. The van der Waals surface area contributed by atoms with E-state index in [0.717, 1.165) is 19.6 Å². The molecular weight excluding hydrogens is 188 g/mol. The Kier molecular flexibility index (Phi) is 3.38. The Morgan fingerprint density at radius 1 is 1.60 bits per heavy atom. The largest absolute Gasteiger partial charge is 0.316 e. The summed E-state index contributed by atoms with van der Waals surface area (Å²) < 4.78 is 2.08. The van der Waals surface area contributed by atoms with Crippen LogP contribution in [0.4, 0.5) is 0 Å². The third-order valence-corrected chi connectivity index (χ3v) is 3.17. The van der Waals surface area contributed by atoms with E-state index < -0.39 is 0 Å². The van der Waals surface area contributed by atoms with Gasteiger partial charge in [-0.15, -0.1) is 0 Å². The van der Waals surface area contributed by atoms with Crippen molar-refractivity contribution in [3.63, 3.8) is 0 Å². The second-order valence-corrected chi connectivity index (χ2v) is 4.15. The normalized spacial score (nSPS) is 22.4. The molecule has 1 aromatic heterocycles. The topological polar surface area (TPSA) is 33.1 Å². The van der Waals surface area contributed by atoms with Gasteiger partial charge in [0.15, 0.2) is 0 Å². The van der Waals surface area contributed by atoms with Gasteiger partial charge >= 0.3 is 0 Å². The van der Waals surface area contributed by atoms with Gasteiger partial charge in [0, 0.05) is 38.4 Å². The highest BCUT2D eigenvalue weighted by atomic mass is 15.3. The lowest BCUT2D eigenvalue weighted by Gasteiger charge is -2.16. The quantitative estimate of drug-likeness (QED) is 0.790. The smallest absolute Gasteiger partial charge is 0.0524 e. The number of likely N-dealkylation sites (tertiary alicyclic amines) is 1. The molecule has 1 unspecified atom stereocenters. The van der Waals surface area contributed by atoms with Crippen molar-refractivity contribution in [2.45, 2.75) is 32.5 Å². The number of aryl methyl sites for hydroxylation is 1. The fourth-order valence-corrected chi connectivity index (χ4v) is 2.22. The predicted molar refractivity (Wildman–Crippen MR) is 60.6 cm³/mol. The van der Waals surface area contributed by atoms with Crippen LogP contribution in [0.15, 0.2) is 12.3 Å². The maximum absolute atomic E-state index is 4.29. The van der Waals surface area contributed by atoms with Crippen LogP contribution in [0.25, 0.3) is 0 Å². The molecule has 1 N–H and O–H groups in total. The van der Waals surface area contributed by atoms with Crippen molar-refractivity contribution >= 4 is 0 Å². The fourth-order valence-electron chi connectivity index (χ4n) is 2.22. The molecule has 84 valence electrons. The Morgan fingerprint density at radius 2 is 2.47 bits per heavy atom. The Morgan fingerprint density at radius 3 is 3.13 bits per heavy atom. The van der Waals surface area contributed by atoms with Gasteiger partial charge in [0.05, 0.1) is 5.69 Å². The minimum Gasteiger partial charge on any atom is -0.316 e. The van der Waals surface area contributed by atoms with Gasteiger partial charge in [-0.05, 0) is 26.5 Å². The molecule has 1 aliphatic rings. The lowest BCUT2D eigenvalue weighted by Crippen LogP contribution is -2.29. The molecule has 0 saturated carbocycles. The molecule has 0 spiro atoms. The maximum Gasteiger partial charge on any atom is 0.0524 e. The van der Waals surface area contributed by atoms with Crippen molar-refractivity contribution in [3.05, 3.63) is 18.0 Å². The molecule has 0 bridgehead atoms. The summed E-state index contributed by atoms with van der Waals surface area (Å²) in [5.41, 5.74) is 1.33. The summed E-state index contributed by atoms with van der Waals surface area (Å²) in [6, 6.07) is 2.79. The van der Waals surface area contributed by atoms with E-state index in [0.29, 0.717) is 6.04 Å². The Labute approximate surface area is 91.3 Å². The summed E-state index contributed by atoms with van der Waals surface area (Å²) in [4.78, 5) is 2.49. The highest BCUT2D eigenvalue weighted by Gasteiger charge is 2.21. The van der Waals surface area contributed by atoms with Gasteiger partial charge in [0.25, 0.3) is 0 Å². The van der Waals surface area contributed by atoms with Gasteiger partial charge in [0.1, 0.15) is 0 Å². The number of nitrogens with zero attached hydrogens (tertiary/aromatic N) is 3. The van der Waals surface area contributed by atoms with Crippen LogP contribution in [0.3, 0.4) is 0 Å². The second kappa shape index (κ2) is 4.77. The molecule has 0 aromatic carbocycles. The van der Waals surface area contributed by atoms with E-state index in [9.17, 15) is 0 Å². The van der Waals surface area contributed by atoms with E-state index in [1.54, 1.807) is 0 Å². The highest BCUT2D eigenvalue weighted by Crippen LogP contribution is 2.12. The van der Waals surface area contributed by atoms with E-state index in [2.05, 4.69) is 33.0 Å². The summed E-state index contributed by atoms with van der Waals surface area (Å²) in [7, 11) is 2.05. The number of likely N-dealkylation sites (N-methyl/N-ethyl adjacent to an activating group) is 1. The summed E-state index contributed by atoms with van der Waals surface area (Å²) >= 11 is 0. The maximum atomic E-state index is 4.29. The highest BCUT2D eigenvalue weighted by molar-refractivity contribution is 5.01. The average Bonchev–Trinajstić information content (AvgIpc) is 2.87. The monoisotopic (exact) mass is 208 g/mol. The summed E-state index contributed by atoms with van der Waals surface area (Å²) in [5.74, 6) is 0. The number of rotatable bonds is 4. The SMILES string of the molecule is CCn1nccc1CN1CCC(NC)C1.